The number of fused-ring (bicyclic) bond motifs is 3. The Morgan fingerprint density at radius 1 is 0.978 bits per heavy atom. The molecule has 3 heterocycles. The van der Waals surface area contributed by atoms with Gasteiger partial charge in [0.2, 0.25) is 6.79 Å². The molecule has 4 atom stereocenters. The highest BCUT2D eigenvalue weighted by Gasteiger charge is 2.58. The van der Waals surface area contributed by atoms with Crippen molar-refractivity contribution in [2.45, 2.75) is 56.3 Å². The topological polar surface area (TPSA) is 92.8 Å². The van der Waals surface area contributed by atoms with Crippen LogP contribution in [-0.2, 0) is 43.2 Å². The standard InChI is InChI=1S/C37H39NO8/c1-41-32-21-37-14-6-15-38(37)16-13-26-18-30-31(45-23-44-30)20-29(26)34(37)35(32)46-36(40)27(19-33(39)42-2)17-24-9-11-28(12-10-24)43-22-25-7-4-3-5-8-25/h3-5,7-12,18,20-21,27,34-35H,6,13-17,19,22-23H2,1-2H3/t27?,34-,35-,37+/m1/s1. The van der Waals surface area contributed by atoms with Crippen LogP contribution in [0.4, 0.5) is 0 Å². The average molecular weight is 626 g/mol. The normalized spacial score (nSPS) is 23.3. The Hall–Kier alpha value is -4.50. The van der Waals surface area contributed by atoms with E-state index < -0.39 is 24.0 Å². The molecule has 1 fully saturated rings. The monoisotopic (exact) mass is 625 g/mol. The van der Waals surface area contributed by atoms with Gasteiger partial charge in [0.1, 0.15) is 18.1 Å². The number of hydrogen-bond donors (Lipinski definition) is 0. The molecule has 1 saturated heterocycles. The minimum absolute atomic E-state index is 0.0997. The SMILES string of the molecule is COC(=O)CC(Cc1ccc(OCc2ccccc2)cc1)C(=O)O[C@@H]1C(OC)=C[C@]23CCCN2CCc2cc4c(cc2[C@H]13)OCO4. The fourth-order valence-electron chi connectivity index (χ4n) is 7.59. The lowest BCUT2D eigenvalue weighted by atomic mass is 9.77. The molecular weight excluding hydrogens is 586 g/mol. The number of carbonyl (C=O) groups excluding carboxylic acids is 2. The van der Waals surface area contributed by atoms with Gasteiger partial charge in [0.15, 0.2) is 17.6 Å². The molecule has 9 heteroatoms. The van der Waals surface area contributed by atoms with Crippen molar-refractivity contribution in [2.75, 3.05) is 34.1 Å². The van der Waals surface area contributed by atoms with E-state index in [2.05, 4.69) is 23.1 Å². The smallest absolute Gasteiger partial charge is 0.310 e. The van der Waals surface area contributed by atoms with Gasteiger partial charge in [-0.2, -0.15) is 0 Å². The van der Waals surface area contributed by atoms with E-state index >= 15 is 0 Å². The molecule has 3 aromatic carbocycles. The first kappa shape index (κ1) is 30.2. The van der Waals surface area contributed by atoms with E-state index in [0.717, 1.165) is 66.1 Å². The first-order valence-electron chi connectivity index (χ1n) is 15.9. The van der Waals surface area contributed by atoms with Gasteiger partial charge in [-0.25, -0.2) is 0 Å². The zero-order valence-electron chi connectivity index (χ0n) is 26.2. The Morgan fingerprint density at radius 2 is 1.76 bits per heavy atom. The van der Waals surface area contributed by atoms with E-state index in [-0.39, 0.29) is 24.7 Å². The zero-order valence-corrected chi connectivity index (χ0v) is 26.2. The first-order chi connectivity index (χ1) is 22.5. The molecule has 3 aromatic rings. The van der Waals surface area contributed by atoms with E-state index in [0.29, 0.717) is 24.5 Å². The summed E-state index contributed by atoms with van der Waals surface area (Å²) in [4.78, 5) is 29.1. The van der Waals surface area contributed by atoms with Gasteiger partial charge in [-0.15, -0.1) is 0 Å². The summed E-state index contributed by atoms with van der Waals surface area (Å²) in [6.45, 7) is 2.49. The first-order valence-corrected chi connectivity index (χ1v) is 15.9. The van der Waals surface area contributed by atoms with Crippen LogP contribution in [-0.4, -0.2) is 62.6 Å². The predicted molar refractivity (Wildman–Crippen MR) is 169 cm³/mol. The maximum absolute atomic E-state index is 14.1. The summed E-state index contributed by atoms with van der Waals surface area (Å²) in [5, 5.41) is 0. The molecule has 7 rings (SSSR count). The van der Waals surface area contributed by atoms with Crippen molar-refractivity contribution in [3.05, 3.63) is 101 Å². The van der Waals surface area contributed by atoms with Crippen molar-refractivity contribution >= 4 is 11.9 Å². The van der Waals surface area contributed by atoms with Crippen molar-refractivity contribution in [2.24, 2.45) is 5.92 Å². The molecule has 4 aliphatic rings. The van der Waals surface area contributed by atoms with E-state index in [9.17, 15) is 9.59 Å². The third kappa shape index (κ3) is 5.68. The molecule has 0 saturated carbocycles. The molecule has 0 aromatic heterocycles. The predicted octanol–water partition coefficient (Wildman–Crippen LogP) is 5.35. The number of ether oxygens (including phenoxy) is 6. The van der Waals surface area contributed by atoms with Crippen LogP contribution in [0.2, 0.25) is 0 Å². The van der Waals surface area contributed by atoms with Crippen LogP contribution in [0.15, 0.2) is 78.6 Å². The van der Waals surface area contributed by atoms with Gasteiger partial charge in [-0.3, -0.25) is 14.5 Å². The molecule has 1 unspecified atom stereocenters. The summed E-state index contributed by atoms with van der Waals surface area (Å²) in [6.07, 6.45) is 4.55. The summed E-state index contributed by atoms with van der Waals surface area (Å²) in [5.41, 5.74) is 3.87. The average Bonchev–Trinajstić information content (AvgIpc) is 3.78. The highest BCUT2D eigenvalue weighted by molar-refractivity contribution is 5.80. The minimum Gasteiger partial charge on any atom is -0.497 e. The molecule has 0 N–H and O–H groups in total. The number of methoxy groups -OCH3 is 2. The third-order valence-corrected chi connectivity index (χ3v) is 9.84. The fourth-order valence-corrected chi connectivity index (χ4v) is 7.59. The molecule has 0 amide bonds. The van der Waals surface area contributed by atoms with Crippen molar-refractivity contribution in [1.29, 1.82) is 0 Å². The largest absolute Gasteiger partial charge is 0.497 e. The Kier molecular flexibility index (Phi) is 8.34. The Balaban J connectivity index is 1.14. The van der Waals surface area contributed by atoms with Crippen LogP contribution in [0.3, 0.4) is 0 Å². The van der Waals surface area contributed by atoms with Gasteiger partial charge in [-0.05, 0) is 84.8 Å². The lowest BCUT2D eigenvalue weighted by Gasteiger charge is -2.39. The van der Waals surface area contributed by atoms with Gasteiger partial charge < -0.3 is 28.4 Å². The molecule has 0 radical (unpaired) electrons. The number of nitrogens with zero attached hydrogens (tertiary/aromatic N) is 1. The second-order valence-corrected chi connectivity index (χ2v) is 12.4. The quantitative estimate of drug-likeness (QED) is 0.277. The molecular formula is C37H39NO8. The van der Waals surface area contributed by atoms with Gasteiger partial charge in [0, 0.05) is 6.54 Å². The Labute approximate surface area is 269 Å². The Bertz CT molecular complexity index is 1620. The maximum atomic E-state index is 14.1. The second-order valence-electron chi connectivity index (χ2n) is 12.4. The number of hydrogen-bond acceptors (Lipinski definition) is 9. The number of esters is 2. The summed E-state index contributed by atoms with van der Waals surface area (Å²) in [7, 11) is 2.96. The molecule has 3 aliphatic heterocycles. The van der Waals surface area contributed by atoms with Crippen molar-refractivity contribution in [1.82, 2.24) is 4.90 Å². The molecule has 9 nitrogen and oxygen atoms in total. The van der Waals surface area contributed by atoms with E-state index in [4.69, 9.17) is 28.4 Å². The van der Waals surface area contributed by atoms with Crippen LogP contribution in [0, 0.1) is 5.92 Å². The van der Waals surface area contributed by atoms with E-state index in [1.807, 2.05) is 54.6 Å². The molecule has 240 valence electrons. The molecule has 0 bridgehead atoms. The lowest BCUT2D eigenvalue weighted by molar-refractivity contribution is -0.159. The fraction of sp³-hybridized carbons (Fsp3) is 0.405. The lowest BCUT2D eigenvalue weighted by Crippen LogP contribution is -2.47. The molecule has 1 spiro atoms. The van der Waals surface area contributed by atoms with Gasteiger partial charge in [0.05, 0.1) is 38.0 Å². The number of carbonyl (C=O) groups is 2. The van der Waals surface area contributed by atoms with Gasteiger partial charge in [-0.1, -0.05) is 42.5 Å². The number of benzene rings is 3. The van der Waals surface area contributed by atoms with Crippen molar-refractivity contribution in [3.63, 3.8) is 0 Å². The maximum Gasteiger partial charge on any atom is 0.310 e. The zero-order chi connectivity index (χ0) is 31.7. The van der Waals surface area contributed by atoms with E-state index in [1.54, 1.807) is 7.11 Å². The number of rotatable bonds is 10. The summed E-state index contributed by atoms with van der Waals surface area (Å²) in [6, 6.07) is 21.7. The third-order valence-electron chi connectivity index (χ3n) is 9.84. The molecule has 46 heavy (non-hydrogen) atoms. The van der Waals surface area contributed by atoms with Crippen molar-refractivity contribution in [3.8, 4) is 17.2 Å². The summed E-state index contributed by atoms with van der Waals surface area (Å²) < 4.78 is 34.8. The van der Waals surface area contributed by atoms with Crippen LogP contribution >= 0.6 is 0 Å². The van der Waals surface area contributed by atoms with Gasteiger partial charge >= 0.3 is 11.9 Å². The second kappa shape index (κ2) is 12.7. The summed E-state index contributed by atoms with van der Waals surface area (Å²) >= 11 is 0. The van der Waals surface area contributed by atoms with Crippen LogP contribution in [0.5, 0.6) is 17.2 Å². The van der Waals surface area contributed by atoms with Crippen LogP contribution in [0.25, 0.3) is 0 Å². The van der Waals surface area contributed by atoms with Crippen LogP contribution in [0.1, 0.15) is 47.4 Å². The Morgan fingerprint density at radius 3 is 2.52 bits per heavy atom. The highest BCUT2D eigenvalue weighted by Crippen LogP contribution is 2.55. The van der Waals surface area contributed by atoms with Crippen molar-refractivity contribution < 1.29 is 38.0 Å². The van der Waals surface area contributed by atoms with Gasteiger partial charge in [0.25, 0.3) is 0 Å². The van der Waals surface area contributed by atoms with Crippen LogP contribution < -0.4 is 14.2 Å². The van der Waals surface area contributed by atoms with E-state index in [1.165, 1.54) is 7.11 Å². The molecule has 1 aliphatic carbocycles. The highest BCUT2D eigenvalue weighted by atomic mass is 16.7. The summed E-state index contributed by atoms with van der Waals surface area (Å²) in [5.74, 6) is 0.931. The minimum atomic E-state index is -0.750.